The number of alkyl halides is 1. The molecule has 2 atom stereocenters. The van der Waals surface area contributed by atoms with E-state index in [1.165, 1.54) is 26.0 Å². The minimum Gasteiger partial charge on any atom is -0.491 e. The van der Waals surface area contributed by atoms with E-state index < -0.39 is 31.7 Å². The molecular weight excluding hydrogens is 604 g/mol. The fourth-order valence-electron chi connectivity index (χ4n) is 6.27. The molecule has 0 bridgehead atoms. The van der Waals surface area contributed by atoms with E-state index in [0.29, 0.717) is 26.1 Å². The summed E-state index contributed by atoms with van der Waals surface area (Å²) in [5.74, 6) is -0.564. The second-order valence-corrected chi connectivity index (χ2v) is 19.7. The quantitative estimate of drug-likeness (QED) is 0.153. The van der Waals surface area contributed by atoms with E-state index in [9.17, 15) is 0 Å². The largest absolute Gasteiger partial charge is 0.491 e. The smallest absolute Gasteiger partial charge is 0.192 e. The summed E-state index contributed by atoms with van der Waals surface area (Å²) in [6.07, 6.45) is 1.30. The van der Waals surface area contributed by atoms with Gasteiger partial charge in [-0.15, -0.1) is 0 Å². The van der Waals surface area contributed by atoms with Crippen molar-refractivity contribution in [2.45, 2.75) is 96.9 Å². The highest BCUT2D eigenvalue weighted by molar-refractivity contribution is 6.74. The molecule has 1 heterocycles. The molecule has 4 nitrogen and oxygen atoms in total. The van der Waals surface area contributed by atoms with Crippen LogP contribution < -0.4 is 9.47 Å². The Hall–Kier alpha value is -3.07. The molecule has 0 aromatic heterocycles. The number of nitrogens with zero attached hydrogens (tertiary/aromatic N) is 1. The van der Waals surface area contributed by atoms with Crippen LogP contribution in [0.25, 0.3) is 5.57 Å². The zero-order valence-electron chi connectivity index (χ0n) is 28.5. The Balaban J connectivity index is 1.28. The Morgan fingerprint density at radius 3 is 2.15 bits per heavy atom. The zero-order chi connectivity index (χ0) is 33.4. The molecule has 2 aliphatic rings. The van der Waals surface area contributed by atoms with Crippen molar-refractivity contribution in [3.8, 4) is 11.5 Å². The normalized spacial score (nSPS) is 18.8. The van der Waals surface area contributed by atoms with Gasteiger partial charge in [0.2, 0.25) is 0 Å². The molecule has 1 aliphatic carbocycles. The first-order valence-corrected chi connectivity index (χ1v) is 19.2. The summed E-state index contributed by atoms with van der Waals surface area (Å²) >= 11 is 0. The number of hydrogen-bond donors (Lipinski definition) is 0. The molecule has 3 aromatic rings. The van der Waals surface area contributed by atoms with Crippen molar-refractivity contribution in [1.29, 1.82) is 0 Å². The van der Waals surface area contributed by atoms with Gasteiger partial charge in [-0.2, -0.15) is 0 Å². The minimum absolute atomic E-state index is 0.0532. The van der Waals surface area contributed by atoms with Crippen LogP contribution in [0.3, 0.4) is 0 Å². The number of halogens is 3. The maximum atomic E-state index is 16.0. The first-order valence-electron chi connectivity index (χ1n) is 16.3. The lowest BCUT2D eigenvalue weighted by Gasteiger charge is -2.44. The van der Waals surface area contributed by atoms with Gasteiger partial charge in [-0.3, -0.25) is 4.90 Å². The maximum absolute atomic E-state index is 16.0. The summed E-state index contributed by atoms with van der Waals surface area (Å²) in [6, 6.07) is 17.2. The van der Waals surface area contributed by atoms with Crippen LogP contribution >= 0.6 is 0 Å². The van der Waals surface area contributed by atoms with Gasteiger partial charge in [0.1, 0.15) is 42.0 Å². The van der Waals surface area contributed by atoms with Crippen molar-refractivity contribution >= 4 is 13.9 Å². The third-order valence-corrected chi connectivity index (χ3v) is 14.2. The molecule has 0 radical (unpaired) electrons. The molecule has 3 aromatic carbocycles. The molecule has 0 N–H and O–H groups in total. The van der Waals surface area contributed by atoms with Crippen molar-refractivity contribution in [2.24, 2.45) is 0 Å². The second-order valence-electron chi connectivity index (χ2n) is 14.9. The van der Waals surface area contributed by atoms with Gasteiger partial charge in [0.15, 0.2) is 8.32 Å². The predicted octanol–water partition coefficient (Wildman–Crippen LogP) is 9.84. The Bertz CT molecular complexity index is 1550. The lowest BCUT2D eigenvalue weighted by molar-refractivity contribution is 0.0676. The molecule has 248 valence electrons. The van der Waals surface area contributed by atoms with E-state index >= 15 is 13.2 Å². The summed E-state index contributed by atoms with van der Waals surface area (Å²) in [7, 11) is -1.82. The number of fused-ring (bicyclic) bond motifs is 2. The SMILES string of the molecule is C[C@@H]1CC2=C(Cc3ccccc32)[C@@H](c2c(F)cc(OCc3ccc(OCCO[Si](C)(C)C(C)(C)C)cc3)cc2F)N1CC(C)(C)F. The van der Waals surface area contributed by atoms with Crippen LogP contribution in [0.5, 0.6) is 11.5 Å². The molecule has 46 heavy (non-hydrogen) atoms. The van der Waals surface area contributed by atoms with E-state index in [2.05, 4.69) is 46.0 Å². The summed E-state index contributed by atoms with van der Waals surface area (Å²) < 4.78 is 64.9. The van der Waals surface area contributed by atoms with Crippen molar-refractivity contribution in [1.82, 2.24) is 4.90 Å². The molecule has 1 aliphatic heterocycles. The summed E-state index contributed by atoms with van der Waals surface area (Å²) in [5.41, 5.74) is 3.59. The van der Waals surface area contributed by atoms with Crippen LogP contribution in [0.1, 0.15) is 76.3 Å². The van der Waals surface area contributed by atoms with E-state index in [-0.39, 0.29) is 35.5 Å². The van der Waals surface area contributed by atoms with Crippen molar-refractivity contribution in [2.75, 3.05) is 19.8 Å². The van der Waals surface area contributed by atoms with Crippen LogP contribution in [0.4, 0.5) is 13.2 Å². The van der Waals surface area contributed by atoms with E-state index in [0.717, 1.165) is 33.6 Å². The van der Waals surface area contributed by atoms with Gasteiger partial charge in [-0.25, -0.2) is 13.2 Å². The lowest BCUT2D eigenvalue weighted by atomic mass is 9.84. The molecule has 0 unspecified atom stereocenters. The fourth-order valence-corrected chi connectivity index (χ4v) is 7.30. The van der Waals surface area contributed by atoms with E-state index in [4.69, 9.17) is 13.9 Å². The Labute approximate surface area is 273 Å². The van der Waals surface area contributed by atoms with Gasteiger partial charge in [-0.1, -0.05) is 57.2 Å². The van der Waals surface area contributed by atoms with E-state index in [1.54, 1.807) is 0 Å². The standard InChI is InChI=1S/C38H48F3NO3Si/c1-25-19-31-30-12-10-9-11-27(30)20-32(31)36(42(25)24-38(5,6)41)35-33(39)21-29(22-34(35)40)44-23-26-13-15-28(16-14-26)43-17-18-45-46(7,8)37(2,3)4/h9-16,21-22,25,36H,17-20,23-24H2,1-8H3/t25-,36+/m1/s1. The minimum atomic E-state index is -1.82. The fraction of sp³-hybridized carbons (Fsp3) is 0.474. The van der Waals surface area contributed by atoms with Gasteiger partial charge in [0.05, 0.1) is 12.6 Å². The maximum Gasteiger partial charge on any atom is 0.192 e. The lowest BCUT2D eigenvalue weighted by Crippen LogP contribution is -2.47. The van der Waals surface area contributed by atoms with Crippen LogP contribution in [-0.2, 0) is 17.5 Å². The average molecular weight is 652 g/mol. The molecule has 0 amide bonds. The van der Waals surface area contributed by atoms with Crippen molar-refractivity contribution in [3.05, 3.63) is 100 Å². The van der Waals surface area contributed by atoms with Crippen LogP contribution in [0.15, 0.2) is 66.2 Å². The van der Waals surface area contributed by atoms with Crippen LogP contribution in [-0.4, -0.2) is 44.7 Å². The number of rotatable bonds is 11. The average Bonchev–Trinajstić information content (AvgIpc) is 3.33. The highest BCUT2D eigenvalue weighted by Crippen LogP contribution is 2.50. The highest BCUT2D eigenvalue weighted by atomic mass is 28.4. The highest BCUT2D eigenvalue weighted by Gasteiger charge is 2.43. The molecular formula is C38H48F3NO3Si. The molecule has 0 saturated carbocycles. The first-order chi connectivity index (χ1) is 21.5. The third-order valence-electron chi connectivity index (χ3n) is 9.67. The van der Waals surface area contributed by atoms with Gasteiger partial charge in [0.25, 0.3) is 0 Å². The van der Waals surface area contributed by atoms with Crippen molar-refractivity contribution in [3.63, 3.8) is 0 Å². The van der Waals surface area contributed by atoms with Crippen LogP contribution in [0, 0.1) is 11.6 Å². The number of ether oxygens (including phenoxy) is 2. The first kappa shape index (κ1) is 34.3. The Morgan fingerprint density at radius 2 is 1.52 bits per heavy atom. The zero-order valence-corrected chi connectivity index (χ0v) is 29.5. The van der Waals surface area contributed by atoms with E-state index in [1.807, 2.05) is 48.2 Å². The second kappa shape index (κ2) is 13.2. The summed E-state index contributed by atoms with van der Waals surface area (Å²) in [4.78, 5) is 1.93. The topological polar surface area (TPSA) is 30.9 Å². The summed E-state index contributed by atoms with van der Waals surface area (Å²) in [6.45, 7) is 17.3. The Morgan fingerprint density at radius 1 is 0.870 bits per heavy atom. The van der Waals surface area contributed by atoms with Crippen molar-refractivity contribution < 1.29 is 27.1 Å². The third kappa shape index (κ3) is 7.56. The molecule has 8 heteroatoms. The predicted molar refractivity (Wildman–Crippen MR) is 182 cm³/mol. The van der Waals surface area contributed by atoms with Gasteiger partial charge in [-0.05, 0) is 91.7 Å². The number of hydrogen-bond acceptors (Lipinski definition) is 4. The van der Waals surface area contributed by atoms with Gasteiger partial charge < -0.3 is 13.9 Å². The van der Waals surface area contributed by atoms with Gasteiger partial charge in [0, 0.05) is 30.3 Å². The molecule has 0 fully saturated rings. The Kier molecular flexibility index (Phi) is 9.84. The van der Waals surface area contributed by atoms with Gasteiger partial charge >= 0.3 is 0 Å². The molecule has 0 spiro atoms. The summed E-state index contributed by atoms with van der Waals surface area (Å²) in [5, 5.41) is 0.145. The number of benzene rings is 3. The van der Waals surface area contributed by atoms with Crippen LogP contribution in [0.2, 0.25) is 18.1 Å². The molecule has 0 saturated heterocycles. The monoisotopic (exact) mass is 651 g/mol. The molecule has 5 rings (SSSR count).